The maximum absolute atomic E-state index is 12.5. The summed E-state index contributed by atoms with van der Waals surface area (Å²) >= 11 is 0. The minimum absolute atomic E-state index is 0.120. The second-order valence-corrected chi connectivity index (χ2v) is 2.44. The van der Waals surface area contributed by atoms with Crippen molar-refractivity contribution in [2.75, 3.05) is 7.11 Å². The smallest absolute Gasteiger partial charge is 0.460 e. The van der Waals surface area contributed by atoms with Gasteiger partial charge in [-0.2, -0.15) is 39.5 Å². The van der Waals surface area contributed by atoms with E-state index in [1.807, 2.05) is 0 Å². The van der Waals surface area contributed by atoms with Gasteiger partial charge in [0.1, 0.15) is 0 Å². The number of rotatable bonds is 3. The number of halogens is 9. The summed E-state index contributed by atoms with van der Waals surface area (Å²) in [7, 11) is 0.120. The van der Waals surface area contributed by atoms with Crippen LogP contribution in [0.1, 0.15) is 0 Å². The van der Waals surface area contributed by atoms with E-state index in [4.69, 9.17) is 0 Å². The monoisotopic (exact) mass is 262 g/mol. The lowest BCUT2D eigenvalue weighted by molar-refractivity contribution is -0.350. The van der Waals surface area contributed by atoms with Gasteiger partial charge in [-0.3, -0.25) is 0 Å². The molecule has 0 saturated heterocycles. The van der Waals surface area contributed by atoms with E-state index in [0.717, 1.165) is 0 Å². The summed E-state index contributed by atoms with van der Waals surface area (Å²) in [6, 6.07) is 0. The predicted molar refractivity (Wildman–Crippen MR) is 32.2 cm³/mol. The van der Waals surface area contributed by atoms with E-state index in [0.29, 0.717) is 0 Å². The normalized spacial score (nSPS) is 13.6. The van der Waals surface area contributed by atoms with Crippen LogP contribution in [0, 0.1) is 0 Å². The number of hydrogen-bond donors (Lipinski definition) is 0. The Balaban J connectivity index is 5.61. The average molecular weight is 262 g/mol. The molecule has 0 radical (unpaired) electrons. The van der Waals surface area contributed by atoms with E-state index in [-0.39, 0.29) is 7.11 Å². The highest BCUT2D eigenvalue weighted by Crippen LogP contribution is 2.50. The van der Waals surface area contributed by atoms with Crippen LogP contribution in [0.15, 0.2) is 11.8 Å². The summed E-state index contributed by atoms with van der Waals surface area (Å²) in [5.41, 5.74) is 0. The fourth-order valence-electron chi connectivity index (χ4n) is 0.645. The van der Waals surface area contributed by atoms with Crippen molar-refractivity contribution in [2.24, 2.45) is 0 Å². The van der Waals surface area contributed by atoms with Gasteiger partial charge in [-0.1, -0.05) is 0 Å². The van der Waals surface area contributed by atoms with Crippen molar-refractivity contribution in [3.8, 4) is 0 Å². The molecular formula is C6H3F9O. The van der Waals surface area contributed by atoms with Gasteiger partial charge in [0.05, 0.1) is 7.11 Å². The molecule has 0 aliphatic carbocycles. The van der Waals surface area contributed by atoms with Gasteiger partial charge >= 0.3 is 24.1 Å². The van der Waals surface area contributed by atoms with Gasteiger partial charge in [0.25, 0.3) is 0 Å². The SMILES string of the molecule is COC(=C(F)F)C(F)(F)C(F)(F)C(F)(F)F. The van der Waals surface area contributed by atoms with Crippen molar-refractivity contribution >= 4 is 0 Å². The first-order valence-corrected chi connectivity index (χ1v) is 3.31. The molecule has 0 bridgehead atoms. The van der Waals surface area contributed by atoms with Crippen LogP contribution >= 0.6 is 0 Å². The van der Waals surface area contributed by atoms with Crippen molar-refractivity contribution in [1.82, 2.24) is 0 Å². The fraction of sp³-hybridized carbons (Fsp3) is 0.667. The average Bonchev–Trinajstić information content (AvgIpc) is 2.01. The highest BCUT2D eigenvalue weighted by atomic mass is 19.4. The van der Waals surface area contributed by atoms with Crippen molar-refractivity contribution in [2.45, 2.75) is 18.0 Å². The molecule has 0 aliphatic rings. The molecule has 96 valence electrons. The zero-order valence-electron chi connectivity index (χ0n) is 7.31. The second-order valence-electron chi connectivity index (χ2n) is 2.44. The third kappa shape index (κ3) is 2.19. The first kappa shape index (κ1) is 14.9. The summed E-state index contributed by atoms with van der Waals surface area (Å²) in [5.74, 6) is -15.9. The molecule has 10 heteroatoms. The van der Waals surface area contributed by atoms with Crippen LogP contribution in [0.2, 0.25) is 0 Å². The molecule has 0 aromatic carbocycles. The summed E-state index contributed by atoms with van der Waals surface area (Å²) < 4.78 is 110. The van der Waals surface area contributed by atoms with Crippen molar-refractivity contribution in [3.63, 3.8) is 0 Å². The second kappa shape index (κ2) is 4.06. The van der Waals surface area contributed by atoms with E-state index in [1.165, 1.54) is 0 Å². The summed E-state index contributed by atoms with van der Waals surface area (Å²) in [6.45, 7) is 0. The maximum Gasteiger partial charge on any atom is 0.460 e. The molecule has 0 aliphatic heterocycles. The predicted octanol–water partition coefficient (Wildman–Crippen LogP) is 3.57. The van der Waals surface area contributed by atoms with E-state index < -0.39 is 29.9 Å². The molecule has 0 aromatic heterocycles. The lowest BCUT2D eigenvalue weighted by Gasteiger charge is -2.28. The molecule has 16 heavy (non-hydrogen) atoms. The van der Waals surface area contributed by atoms with Gasteiger partial charge < -0.3 is 4.74 Å². The van der Waals surface area contributed by atoms with Crippen LogP contribution in [0.5, 0.6) is 0 Å². The van der Waals surface area contributed by atoms with Crippen LogP contribution in [0.4, 0.5) is 39.5 Å². The number of allylic oxidation sites excluding steroid dienone is 1. The molecule has 0 aromatic rings. The van der Waals surface area contributed by atoms with E-state index in [2.05, 4.69) is 4.74 Å². The van der Waals surface area contributed by atoms with Gasteiger partial charge in [0.2, 0.25) is 5.76 Å². The summed E-state index contributed by atoms with van der Waals surface area (Å²) in [4.78, 5) is 0. The lowest BCUT2D eigenvalue weighted by Crippen LogP contribution is -2.53. The van der Waals surface area contributed by atoms with Crippen molar-refractivity contribution in [1.29, 1.82) is 0 Å². The molecule has 0 N–H and O–H groups in total. The molecular weight excluding hydrogens is 259 g/mol. The Bertz CT molecular complexity index is 285. The van der Waals surface area contributed by atoms with Crippen LogP contribution in [0.25, 0.3) is 0 Å². The number of hydrogen-bond acceptors (Lipinski definition) is 1. The highest BCUT2D eigenvalue weighted by molar-refractivity contribution is 5.13. The van der Waals surface area contributed by atoms with Gasteiger partial charge in [0.15, 0.2) is 0 Å². The Morgan fingerprint density at radius 3 is 1.44 bits per heavy atom. The largest absolute Gasteiger partial charge is 0.490 e. The fourth-order valence-corrected chi connectivity index (χ4v) is 0.645. The maximum atomic E-state index is 12.5. The Kier molecular flexibility index (Phi) is 3.78. The van der Waals surface area contributed by atoms with Gasteiger partial charge in [-0.15, -0.1) is 0 Å². The highest BCUT2D eigenvalue weighted by Gasteiger charge is 2.76. The van der Waals surface area contributed by atoms with Gasteiger partial charge in [-0.25, -0.2) is 0 Å². The van der Waals surface area contributed by atoms with Crippen molar-refractivity contribution < 1.29 is 44.3 Å². The molecule has 0 spiro atoms. The lowest BCUT2D eigenvalue weighted by atomic mass is 10.1. The van der Waals surface area contributed by atoms with Crippen LogP contribution in [-0.4, -0.2) is 25.1 Å². The molecule has 0 saturated carbocycles. The summed E-state index contributed by atoms with van der Waals surface area (Å²) in [6.07, 6.45) is -10.1. The zero-order chi connectivity index (χ0) is 13.4. The first-order valence-electron chi connectivity index (χ1n) is 3.31. The quantitative estimate of drug-likeness (QED) is 0.558. The van der Waals surface area contributed by atoms with Gasteiger partial charge in [0, 0.05) is 0 Å². The minimum atomic E-state index is -6.68. The Morgan fingerprint density at radius 2 is 1.25 bits per heavy atom. The minimum Gasteiger partial charge on any atom is -0.490 e. The molecule has 0 rings (SSSR count). The number of ether oxygens (including phenoxy) is 1. The van der Waals surface area contributed by atoms with Gasteiger partial charge in [-0.05, 0) is 0 Å². The van der Waals surface area contributed by atoms with E-state index in [9.17, 15) is 39.5 Å². The molecule has 0 fully saturated rings. The third-order valence-corrected chi connectivity index (χ3v) is 1.41. The van der Waals surface area contributed by atoms with Crippen LogP contribution in [-0.2, 0) is 4.74 Å². The van der Waals surface area contributed by atoms with E-state index in [1.54, 1.807) is 0 Å². The molecule has 0 amide bonds. The number of alkyl halides is 7. The Hall–Kier alpha value is -1.09. The van der Waals surface area contributed by atoms with Crippen LogP contribution in [0.3, 0.4) is 0 Å². The van der Waals surface area contributed by atoms with Crippen molar-refractivity contribution in [3.05, 3.63) is 11.8 Å². The third-order valence-electron chi connectivity index (χ3n) is 1.41. The standard InChI is InChI=1S/C6H3F9O/c1-16-2(3(7)8)4(9,10)5(11,12)6(13,14)15/h1H3. The van der Waals surface area contributed by atoms with E-state index >= 15 is 0 Å². The molecule has 0 atom stereocenters. The first-order chi connectivity index (χ1) is 6.89. The number of methoxy groups -OCH3 is 1. The van der Waals surface area contributed by atoms with Crippen LogP contribution < -0.4 is 0 Å². The molecule has 0 heterocycles. The topological polar surface area (TPSA) is 9.23 Å². The summed E-state index contributed by atoms with van der Waals surface area (Å²) in [5, 5.41) is 0. The molecule has 1 nitrogen and oxygen atoms in total. The zero-order valence-corrected chi connectivity index (χ0v) is 7.31. The Labute approximate surface area is 82.5 Å². The Morgan fingerprint density at radius 1 is 0.875 bits per heavy atom. The molecule has 0 unspecified atom stereocenters.